The second-order valence-electron chi connectivity index (χ2n) is 6.11. The largest absolute Gasteiger partial charge is 0.508 e. The molecule has 0 spiro atoms. The fourth-order valence-electron chi connectivity index (χ4n) is 3.12. The molecule has 4 heteroatoms. The Morgan fingerprint density at radius 3 is 2.23 bits per heavy atom. The van der Waals surface area contributed by atoms with Crippen LogP contribution in [0.3, 0.4) is 0 Å². The molecule has 0 saturated carbocycles. The normalized spacial score (nSPS) is 13.9. The van der Waals surface area contributed by atoms with Crippen LogP contribution >= 0.6 is 0 Å². The molecule has 4 nitrogen and oxygen atoms in total. The van der Waals surface area contributed by atoms with E-state index in [0.29, 0.717) is 17.2 Å². The van der Waals surface area contributed by atoms with E-state index in [1.807, 2.05) is 66.7 Å². The number of hydrogen-bond donors (Lipinski definition) is 1. The van der Waals surface area contributed by atoms with Gasteiger partial charge in [0.15, 0.2) is 5.76 Å². The standard InChI is InChI=1S/C22H14N2O2/c25-15-10-11-16-19(13-15)26-20(12-14-6-2-1-3-7-14)22-21(16)23-17-8-4-5-9-18(17)24-22/h1-13,25H/b20-12+. The average molecular weight is 338 g/mol. The van der Waals surface area contributed by atoms with Crippen LogP contribution in [0.5, 0.6) is 11.5 Å². The molecule has 0 saturated heterocycles. The smallest absolute Gasteiger partial charge is 0.155 e. The molecule has 26 heavy (non-hydrogen) atoms. The Labute approximate surface area is 150 Å². The van der Waals surface area contributed by atoms with Crippen molar-refractivity contribution in [3.63, 3.8) is 0 Å². The van der Waals surface area contributed by atoms with Crippen LogP contribution in [0.2, 0.25) is 0 Å². The summed E-state index contributed by atoms with van der Waals surface area (Å²) < 4.78 is 6.09. The molecule has 0 radical (unpaired) electrons. The molecular weight excluding hydrogens is 324 g/mol. The predicted molar refractivity (Wildman–Crippen MR) is 102 cm³/mol. The van der Waals surface area contributed by atoms with E-state index >= 15 is 0 Å². The zero-order chi connectivity index (χ0) is 17.5. The first-order chi connectivity index (χ1) is 12.8. The monoisotopic (exact) mass is 338 g/mol. The van der Waals surface area contributed by atoms with Crippen LogP contribution in [0.4, 0.5) is 0 Å². The van der Waals surface area contributed by atoms with Crippen LogP contribution < -0.4 is 4.74 Å². The lowest BCUT2D eigenvalue weighted by Crippen LogP contribution is -2.09. The van der Waals surface area contributed by atoms with Gasteiger partial charge in [-0.25, -0.2) is 9.97 Å². The lowest BCUT2D eigenvalue weighted by Gasteiger charge is -2.22. The van der Waals surface area contributed by atoms with Gasteiger partial charge in [-0.05, 0) is 35.9 Å². The van der Waals surface area contributed by atoms with E-state index < -0.39 is 0 Å². The molecule has 3 aromatic carbocycles. The van der Waals surface area contributed by atoms with Gasteiger partial charge in [0.2, 0.25) is 0 Å². The van der Waals surface area contributed by atoms with Gasteiger partial charge in [0, 0.05) is 11.6 Å². The van der Waals surface area contributed by atoms with Crippen LogP contribution in [0.1, 0.15) is 11.3 Å². The van der Waals surface area contributed by atoms with Crippen LogP contribution in [0.15, 0.2) is 72.8 Å². The van der Waals surface area contributed by atoms with Crippen LogP contribution in [0, 0.1) is 0 Å². The third-order valence-electron chi connectivity index (χ3n) is 4.34. The van der Waals surface area contributed by atoms with Gasteiger partial charge in [0.25, 0.3) is 0 Å². The highest BCUT2D eigenvalue weighted by Crippen LogP contribution is 2.42. The van der Waals surface area contributed by atoms with Crippen molar-refractivity contribution in [1.29, 1.82) is 0 Å². The van der Waals surface area contributed by atoms with Crippen molar-refractivity contribution in [1.82, 2.24) is 9.97 Å². The van der Waals surface area contributed by atoms with Crippen molar-refractivity contribution in [2.75, 3.05) is 0 Å². The minimum absolute atomic E-state index is 0.153. The van der Waals surface area contributed by atoms with E-state index in [1.54, 1.807) is 12.1 Å². The fourth-order valence-corrected chi connectivity index (χ4v) is 3.12. The van der Waals surface area contributed by atoms with Gasteiger partial charge < -0.3 is 9.84 Å². The molecule has 0 unspecified atom stereocenters. The van der Waals surface area contributed by atoms with Crippen LogP contribution in [-0.4, -0.2) is 15.1 Å². The minimum Gasteiger partial charge on any atom is -0.508 e. The SMILES string of the molecule is Oc1ccc2c(c1)O/C(=C/c1ccccc1)c1nc3ccccc3nc1-2. The topological polar surface area (TPSA) is 55.2 Å². The van der Waals surface area contributed by atoms with E-state index in [-0.39, 0.29) is 5.75 Å². The van der Waals surface area contributed by atoms with E-state index in [1.165, 1.54) is 0 Å². The van der Waals surface area contributed by atoms with Crippen molar-refractivity contribution in [2.45, 2.75) is 0 Å². The fraction of sp³-hybridized carbons (Fsp3) is 0. The van der Waals surface area contributed by atoms with Gasteiger partial charge in [-0.15, -0.1) is 0 Å². The first kappa shape index (κ1) is 14.7. The molecule has 0 fully saturated rings. The van der Waals surface area contributed by atoms with Gasteiger partial charge >= 0.3 is 0 Å². The summed E-state index contributed by atoms with van der Waals surface area (Å²) in [4.78, 5) is 9.61. The maximum Gasteiger partial charge on any atom is 0.155 e. The Kier molecular flexibility index (Phi) is 3.22. The summed E-state index contributed by atoms with van der Waals surface area (Å²) in [5.74, 6) is 1.34. The number of rotatable bonds is 1. The summed E-state index contributed by atoms with van der Waals surface area (Å²) in [7, 11) is 0. The number of phenolic OH excluding ortho intramolecular Hbond substituents is 1. The highest BCUT2D eigenvalue weighted by molar-refractivity contribution is 5.92. The Bertz CT molecular complexity index is 1170. The molecule has 0 aliphatic carbocycles. The summed E-state index contributed by atoms with van der Waals surface area (Å²) >= 11 is 0. The molecule has 1 aliphatic heterocycles. The van der Waals surface area contributed by atoms with Gasteiger partial charge in [-0.1, -0.05) is 42.5 Å². The Morgan fingerprint density at radius 2 is 1.46 bits per heavy atom. The van der Waals surface area contributed by atoms with Crippen molar-refractivity contribution < 1.29 is 9.84 Å². The molecule has 1 aromatic heterocycles. The molecule has 124 valence electrons. The van der Waals surface area contributed by atoms with Crippen molar-refractivity contribution in [3.8, 4) is 22.8 Å². The number of ether oxygens (including phenoxy) is 1. The second-order valence-corrected chi connectivity index (χ2v) is 6.11. The number of benzene rings is 3. The third kappa shape index (κ3) is 2.40. The summed E-state index contributed by atoms with van der Waals surface area (Å²) in [6, 6.07) is 22.7. The maximum absolute atomic E-state index is 9.85. The number of aromatic nitrogens is 2. The van der Waals surface area contributed by atoms with E-state index in [9.17, 15) is 5.11 Å². The van der Waals surface area contributed by atoms with Gasteiger partial charge in [-0.3, -0.25) is 0 Å². The van der Waals surface area contributed by atoms with E-state index in [0.717, 1.165) is 27.9 Å². The quantitative estimate of drug-likeness (QED) is 0.537. The summed E-state index contributed by atoms with van der Waals surface area (Å²) in [6.45, 7) is 0. The molecule has 0 amide bonds. The molecule has 1 aliphatic rings. The summed E-state index contributed by atoms with van der Waals surface area (Å²) in [5, 5.41) is 9.85. The molecule has 4 aromatic rings. The predicted octanol–water partition coefficient (Wildman–Crippen LogP) is 4.89. The lowest BCUT2D eigenvalue weighted by molar-refractivity contribution is 0.463. The van der Waals surface area contributed by atoms with E-state index in [4.69, 9.17) is 14.7 Å². The highest BCUT2D eigenvalue weighted by atomic mass is 16.5. The molecule has 0 atom stereocenters. The Hall–Kier alpha value is -3.66. The number of nitrogens with zero attached hydrogens (tertiary/aromatic N) is 2. The number of aromatic hydroxyl groups is 1. The van der Waals surface area contributed by atoms with Gasteiger partial charge in [-0.2, -0.15) is 0 Å². The average Bonchev–Trinajstić information content (AvgIpc) is 2.67. The van der Waals surface area contributed by atoms with Gasteiger partial charge in [0.05, 0.1) is 11.0 Å². The van der Waals surface area contributed by atoms with Gasteiger partial charge in [0.1, 0.15) is 22.9 Å². The van der Waals surface area contributed by atoms with E-state index in [2.05, 4.69) is 0 Å². The molecule has 2 heterocycles. The molecule has 5 rings (SSSR count). The maximum atomic E-state index is 9.85. The first-order valence-electron chi connectivity index (χ1n) is 8.33. The van der Waals surface area contributed by atoms with Crippen LogP contribution in [0.25, 0.3) is 34.1 Å². The minimum atomic E-state index is 0.153. The number of para-hydroxylation sites is 2. The molecular formula is C22H14N2O2. The van der Waals surface area contributed by atoms with Crippen molar-refractivity contribution in [2.24, 2.45) is 0 Å². The zero-order valence-corrected chi connectivity index (χ0v) is 13.8. The molecule has 1 N–H and O–H groups in total. The molecule has 0 bridgehead atoms. The van der Waals surface area contributed by atoms with Crippen molar-refractivity contribution >= 4 is 22.9 Å². The Balaban J connectivity index is 1.80. The summed E-state index contributed by atoms with van der Waals surface area (Å²) in [6.07, 6.45) is 1.94. The lowest BCUT2D eigenvalue weighted by atomic mass is 10.0. The second kappa shape index (κ2) is 5.70. The first-order valence-corrected chi connectivity index (χ1v) is 8.33. The summed E-state index contributed by atoms with van der Waals surface area (Å²) in [5.41, 5.74) is 4.92. The zero-order valence-electron chi connectivity index (χ0n) is 13.8. The number of fused-ring (bicyclic) bond motifs is 4. The Morgan fingerprint density at radius 1 is 0.769 bits per heavy atom. The number of hydrogen-bond acceptors (Lipinski definition) is 4. The highest BCUT2D eigenvalue weighted by Gasteiger charge is 2.25. The van der Waals surface area contributed by atoms with Crippen LogP contribution in [-0.2, 0) is 0 Å². The third-order valence-corrected chi connectivity index (χ3v) is 4.34. The number of phenols is 1. The van der Waals surface area contributed by atoms with Crippen molar-refractivity contribution in [3.05, 3.63) is 84.1 Å².